The van der Waals surface area contributed by atoms with Gasteiger partial charge in [0.15, 0.2) is 0 Å². The number of sulfonamides is 1. The van der Waals surface area contributed by atoms with Crippen LogP contribution >= 0.6 is 11.6 Å². The number of carbonyl (C=O) groups excluding carboxylic acids is 1. The number of hydrogen-bond donors (Lipinski definition) is 2. The molecule has 6 nitrogen and oxygen atoms in total. The molecule has 28 heavy (non-hydrogen) atoms. The number of aliphatic hydroxyl groups excluding tert-OH is 1. The molecule has 0 radical (unpaired) electrons. The number of amides is 1. The monoisotopic (exact) mass is 430 g/mol. The number of halogens is 3. The van der Waals surface area contributed by atoms with E-state index in [0.717, 1.165) is 10.4 Å². The van der Waals surface area contributed by atoms with Crippen LogP contribution in [0.4, 0.5) is 14.5 Å². The van der Waals surface area contributed by atoms with Crippen LogP contribution in [0.1, 0.15) is 15.9 Å². The van der Waals surface area contributed by atoms with E-state index in [2.05, 4.69) is 5.32 Å². The van der Waals surface area contributed by atoms with E-state index in [9.17, 15) is 27.1 Å². The highest BCUT2D eigenvalue weighted by atomic mass is 35.5. The molecule has 1 amide bonds. The largest absolute Gasteiger partial charge is 0.389 e. The van der Waals surface area contributed by atoms with Gasteiger partial charge >= 0.3 is 0 Å². The summed E-state index contributed by atoms with van der Waals surface area (Å²) in [4.78, 5) is 12.3. The molecule has 2 aromatic rings. The number of rotatable bonds is 4. The minimum absolute atomic E-state index is 0.0427. The van der Waals surface area contributed by atoms with Gasteiger partial charge in [-0.3, -0.25) is 4.79 Å². The zero-order valence-electron chi connectivity index (χ0n) is 14.7. The Morgan fingerprint density at radius 3 is 2.57 bits per heavy atom. The van der Waals surface area contributed by atoms with Crippen LogP contribution in [-0.4, -0.2) is 49.1 Å². The number of hydrogen-bond acceptors (Lipinski definition) is 4. The average Bonchev–Trinajstić information content (AvgIpc) is 2.98. The van der Waals surface area contributed by atoms with E-state index < -0.39 is 40.6 Å². The first-order chi connectivity index (χ1) is 13.1. The number of anilines is 1. The van der Waals surface area contributed by atoms with Crippen LogP contribution < -0.4 is 5.32 Å². The lowest BCUT2D eigenvalue weighted by molar-refractivity contribution is 0.102. The quantitative estimate of drug-likeness (QED) is 0.780. The van der Waals surface area contributed by atoms with Crippen molar-refractivity contribution >= 4 is 33.2 Å². The smallest absolute Gasteiger partial charge is 0.255 e. The fraction of sp³-hybridized carbons (Fsp3) is 0.278. The molecule has 1 aliphatic rings. The van der Waals surface area contributed by atoms with E-state index in [1.807, 2.05) is 0 Å². The molecular formula is C18H17ClF2N2O4S. The number of benzene rings is 2. The van der Waals surface area contributed by atoms with Crippen LogP contribution in [0.2, 0.25) is 5.02 Å². The Labute approximate surface area is 165 Å². The first-order valence-electron chi connectivity index (χ1n) is 8.29. The van der Waals surface area contributed by atoms with Gasteiger partial charge in [0.25, 0.3) is 5.91 Å². The maximum absolute atomic E-state index is 13.6. The van der Waals surface area contributed by atoms with E-state index in [4.69, 9.17) is 11.6 Å². The van der Waals surface area contributed by atoms with Crippen LogP contribution in [0.15, 0.2) is 41.3 Å². The van der Waals surface area contributed by atoms with Crippen LogP contribution in [0.5, 0.6) is 0 Å². The van der Waals surface area contributed by atoms with Crippen LogP contribution in [-0.2, 0) is 10.0 Å². The molecular weight excluding hydrogens is 414 g/mol. The second kappa shape index (κ2) is 7.75. The maximum Gasteiger partial charge on any atom is 0.255 e. The van der Waals surface area contributed by atoms with Gasteiger partial charge in [0, 0.05) is 24.3 Å². The van der Waals surface area contributed by atoms with Crippen LogP contribution in [0.3, 0.4) is 0 Å². The molecule has 3 rings (SSSR count). The number of aryl methyl sites for hydroxylation is 1. The normalized spacial score (nSPS) is 20.3. The summed E-state index contributed by atoms with van der Waals surface area (Å²) in [5.41, 5.74) is 0.656. The summed E-state index contributed by atoms with van der Waals surface area (Å²) in [6.45, 7) is 0.745. The number of β-amino-alcohol motifs (C(OH)–C–C–N with tert-alkyl or cyclic N) is 1. The Kier molecular flexibility index (Phi) is 5.72. The predicted molar refractivity (Wildman–Crippen MR) is 100 cm³/mol. The number of alkyl halides is 1. The van der Waals surface area contributed by atoms with E-state index in [1.165, 1.54) is 30.3 Å². The van der Waals surface area contributed by atoms with Crippen molar-refractivity contribution in [2.75, 3.05) is 18.4 Å². The molecule has 2 aromatic carbocycles. The minimum Gasteiger partial charge on any atom is -0.389 e. The number of nitrogens with one attached hydrogen (secondary N) is 1. The lowest BCUT2D eigenvalue weighted by atomic mass is 10.1. The Bertz CT molecular complexity index is 1020. The molecule has 1 fully saturated rings. The molecule has 2 unspecified atom stereocenters. The first kappa shape index (κ1) is 20.7. The highest BCUT2D eigenvalue weighted by molar-refractivity contribution is 7.89. The third-order valence-corrected chi connectivity index (χ3v) is 6.70. The van der Waals surface area contributed by atoms with E-state index >= 15 is 0 Å². The fourth-order valence-corrected chi connectivity index (χ4v) is 4.74. The molecule has 1 heterocycles. The summed E-state index contributed by atoms with van der Waals surface area (Å²) in [7, 11) is -4.09. The topological polar surface area (TPSA) is 86.7 Å². The van der Waals surface area contributed by atoms with Gasteiger partial charge in [-0.1, -0.05) is 17.7 Å². The lowest BCUT2D eigenvalue weighted by Crippen LogP contribution is -2.30. The second-order valence-electron chi connectivity index (χ2n) is 6.47. The third-order valence-electron chi connectivity index (χ3n) is 4.43. The van der Waals surface area contributed by atoms with E-state index in [0.29, 0.717) is 5.56 Å². The van der Waals surface area contributed by atoms with Crippen molar-refractivity contribution in [2.45, 2.75) is 24.1 Å². The van der Waals surface area contributed by atoms with Crippen molar-refractivity contribution in [3.63, 3.8) is 0 Å². The van der Waals surface area contributed by atoms with Gasteiger partial charge in [-0.15, -0.1) is 0 Å². The average molecular weight is 431 g/mol. The molecule has 2 atom stereocenters. The molecule has 0 bridgehead atoms. The van der Waals surface area contributed by atoms with Gasteiger partial charge < -0.3 is 10.4 Å². The Balaban J connectivity index is 1.88. The highest BCUT2D eigenvalue weighted by Crippen LogP contribution is 2.27. The second-order valence-corrected chi connectivity index (χ2v) is 8.78. The molecule has 0 spiro atoms. The summed E-state index contributed by atoms with van der Waals surface area (Å²) < 4.78 is 53.3. The van der Waals surface area contributed by atoms with Crippen molar-refractivity contribution < 1.29 is 27.1 Å². The summed E-state index contributed by atoms with van der Waals surface area (Å²) in [5, 5.41) is 11.9. The standard InChI is InChI=1S/C18H17ClF2N2O4S/c1-10-2-3-11(18(25)22-12-4-5-14(20)13(19)7-12)6-17(10)28(26,27)23-8-15(21)16(24)9-23/h2-7,15-16,24H,8-9H2,1H3,(H,22,25). The van der Waals surface area contributed by atoms with Crippen molar-refractivity contribution in [1.82, 2.24) is 4.31 Å². The summed E-state index contributed by atoms with van der Waals surface area (Å²) >= 11 is 5.68. The molecule has 0 aliphatic carbocycles. The fourth-order valence-electron chi connectivity index (χ4n) is 2.85. The molecule has 0 saturated carbocycles. The zero-order chi connectivity index (χ0) is 20.6. The zero-order valence-corrected chi connectivity index (χ0v) is 16.3. The van der Waals surface area contributed by atoms with Crippen LogP contribution in [0.25, 0.3) is 0 Å². The highest BCUT2D eigenvalue weighted by Gasteiger charge is 2.39. The Hall–Kier alpha value is -2.07. The molecule has 10 heteroatoms. The molecule has 1 aliphatic heterocycles. The predicted octanol–water partition coefficient (Wildman–Crippen LogP) is 2.74. The van der Waals surface area contributed by atoms with Crippen molar-refractivity contribution in [1.29, 1.82) is 0 Å². The molecule has 150 valence electrons. The van der Waals surface area contributed by atoms with Crippen molar-refractivity contribution in [3.8, 4) is 0 Å². The maximum atomic E-state index is 13.6. The summed E-state index contributed by atoms with van der Waals surface area (Å²) in [6.07, 6.45) is -3.05. The van der Waals surface area contributed by atoms with Gasteiger partial charge in [0.05, 0.1) is 9.92 Å². The van der Waals surface area contributed by atoms with Gasteiger partial charge in [-0.25, -0.2) is 17.2 Å². The number of nitrogens with zero attached hydrogens (tertiary/aromatic N) is 1. The van der Waals surface area contributed by atoms with Gasteiger partial charge in [-0.2, -0.15) is 4.31 Å². The van der Waals surface area contributed by atoms with Gasteiger partial charge in [0.1, 0.15) is 18.1 Å². The van der Waals surface area contributed by atoms with Gasteiger partial charge in [0.2, 0.25) is 10.0 Å². The van der Waals surface area contributed by atoms with E-state index in [-0.39, 0.29) is 27.7 Å². The SMILES string of the molecule is Cc1ccc(C(=O)Nc2ccc(F)c(Cl)c2)cc1S(=O)(=O)N1CC(O)C(F)C1. The van der Waals surface area contributed by atoms with Crippen molar-refractivity contribution in [3.05, 3.63) is 58.4 Å². The van der Waals surface area contributed by atoms with Crippen molar-refractivity contribution in [2.24, 2.45) is 0 Å². The summed E-state index contributed by atoms with van der Waals surface area (Å²) in [6, 6.07) is 7.72. The van der Waals surface area contributed by atoms with Crippen LogP contribution in [0, 0.1) is 12.7 Å². The molecule has 1 saturated heterocycles. The van der Waals surface area contributed by atoms with E-state index in [1.54, 1.807) is 6.92 Å². The third kappa shape index (κ3) is 4.02. The Morgan fingerprint density at radius 1 is 1.25 bits per heavy atom. The first-order valence-corrected chi connectivity index (χ1v) is 10.1. The molecule has 2 N–H and O–H groups in total. The van der Waals surface area contributed by atoms with Gasteiger partial charge in [-0.05, 0) is 42.8 Å². The minimum atomic E-state index is -4.09. The molecule has 0 aromatic heterocycles. The number of aliphatic hydroxyl groups is 1. The number of carbonyl (C=O) groups is 1. The summed E-state index contributed by atoms with van der Waals surface area (Å²) in [5.74, 6) is -1.26. The lowest BCUT2D eigenvalue weighted by Gasteiger charge is -2.18. The Morgan fingerprint density at radius 2 is 1.96 bits per heavy atom.